The highest BCUT2D eigenvalue weighted by Gasteiger charge is 2.31. The Morgan fingerprint density at radius 2 is 1.07 bits per heavy atom. The minimum absolute atomic E-state index is 0.430. The number of fused-ring (bicyclic) bond motifs is 2. The summed E-state index contributed by atoms with van der Waals surface area (Å²) in [6.45, 7) is 6.51. The van der Waals surface area contributed by atoms with Gasteiger partial charge < -0.3 is 35.4 Å². The molecule has 0 atom stereocenters. The Kier molecular flexibility index (Phi) is 11.0. The number of rotatable bonds is 10. The predicted octanol–water partition coefficient (Wildman–Crippen LogP) is 9.67. The maximum Gasteiger partial charge on any atom is 0.178 e. The van der Waals surface area contributed by atoms with Crippen LogP contribution < -0.4 is 35.6 Å². The van der Waals surface area contributed by atoms with Crippen LogP contribution in [0.3, 0.4) is 0 Å². The summed E-state index contributed by atoms with van der Waals surface area (Å²) in [7, 11) is 12.3. The molecule has 0 radical (unpaired) electrons. The standard InChI is InChI=1S/C52H50N4O3S/c1-31-9-27-42-44(29-31)59-45-30-37(53)18-28-43(45)50(42)47-32(2)46(33-10-19-38(20-11-33)54(3)4)48(34-12-21-39(22-13-34)55(5)6)51(60-41-25-16-36(17-26-41)52(57)58)49(47)35-14-23-40(24-15-35)56(7)8/h9-30,52,57-58H,1,53H2,2-8H3. The van der Waals surface area contributed by atoms with Crippen LogP contribution >= 0.6 is 11.8 Å². The van der Waals surface area contributed by atoms with Gasteiger partial charge in [0.2, 0.25) is 0 Å². The maximum atomic E-state index is 10.0. The van der Waals surface area contributed by atoms with Crippen molar-refractivity contribution < 1.29 is 14.9 Å². The Labute approximate surface area is 356 Å². The monoisotopic (exact) mass is 810 g/mol. The first kappa shape index (κ1) is 40.3. The van der Waals surface area contributed by atoms with Gasteiger partial charge >= 0.3 is 0 Å². The topological polar surface area (TPSA) is 85.4 Å². The van der Waals surface area contributed by atoms with E-state index < -0.39 is 6.29 Å². The third-order valence-electron chi connectivity index (χ3n) is 11.2. The zero-order chi connectivity index (χ0) is 42.4. The molecule has 1 aliphatic heterocycles. The fourth-order valence-corrected chi connectivity index (χ4v) is 9.16. The van der Waals surface area contributed by atoms with E-state index in [0.29, 0.717) is 17.0 Å². The Balaban J connectivity index is 1.60. The summed E-state index contributed by atoms with van der Waals surface area (Å²) < 4.78 is 6.65. The minimum atomic E-state index is -1.57. The number of hydrogen-bond acceptors (Lipinski definition) is 8. The molecule has 0 amide bonds. The van der Waals surface area contributed by atoms with Gasteiger partial charge in [-0.1, -0.05) is 79.0 Å². The average molecular weight is 811 g/mol. The van der Waals surface area contributed by atoms with Gasteiger partial charge in [-0.2, -0.15) is 0 Å². The van der Waals surface area contributed by atoms with E-state index in [2.05, 4.69) is 155 Å². The fraction of sp³-hybridized carbons (Fsp3) is 0.154. The van der Waals surface area contributed by atoms with Gasteiger partial charge in [0.05, 0.1) is 0 Å². The summed E-state index contributed by atoms with van der Waals surface area (Å²) in [6, 6.07) is 46.0. The predicted molar refractivity (Wildman–Crippen MR) is 252 cm³/mol. The van der Waals surface area contributed by atoms with Crippen molar-refractivity contribution >= 4 is 46.7 Å². The maximum absolute atomic E-state index is 10.0. The number of ether oxygens (including phenoxy) is 1. The van der Waals surface area contributed by atoms with Gasteiger partial charge in [-0.05, 0) is 112 Å². The second-order valence-corrected chi connectivity index (χ2v) is 17.0. The van der Waals surface area contributed by atoms with Crippen molar-refractivity contribution in [3.05, 3.63) is 166 Å². The molecule has 7 nitrogen and oxygen atoms in total. The first-order chi connectivity index (χ1) is 28.8. The first-order valence-electron chi connectivity index (χ1n) is 19.9. The van der Waals surface area contributed by atoms with Crippen molar-refractivity contribution in [3.63, 3.8) is 0 Å². The summed E-state index contributed by atoms with van der Waals surface area (Å²) in [5.41, 5.74) is 21.4. The lowest BCUT2D eigenvalue weighted by atomic mass is 9.78. The van der Waals surface area contributed by atoms with E-state index in [-0.39, 0.29) is 0 Å². The van der Waals surface area contributed by atoms with Crippen molar-refractivity contribution in [1.29, 1.82) is 0 Å². The molecular formula is C52H50N4O3S. The van der Waals surface area contributed by atoms with Crippen LogP contribution in [0.4, 0.5) is 22.7 Å². The molecular weight excluding hydrogens is 761 g/mol. The zero-order valence-electron chi connectivity index (χ0n) is 35.1. The molecule has 0 saturated carbocycles. The van der Waals surface area contributed by atoms with E-state index in [1.807, 2.05) is 36.4 Å². The number of aliphatic hydroxyl groups is 2. The molecule has 0 saturated heterocycles. The smallest absolute Gasteiger partial charge is 0.178 e. The molecule has 8 rings (SSSR count). The molecule has 0 unspecified atom stereocenters. The fourth-order valence-electron chi connectivity index (χ4n) is 8.00. The van der Waals surface area contributed by atoms with Crippen LogP contribution in [0, 0.1) is 6.92 Å². The number of hydrogen-bond donors (Lipinski definition) is 3. The molecule has 7 aromatic carbocycles. The number of aliphatic hydroxyl groups excluding tert-OH is 1. The van der Waals surface area contributed by atoms with E-state index in [1.165, 1.54) is 0 Å². The van der Waals surface area contributed by atoms with Gasteiger partial charge in [0, 0.05) is 114 Å². The molecule has 1 heterocycles. The summed E-state index contributed by atoms with van der Waals surface area (Å²) in [5.74, 6) is 1.40. The molecule has 0 bridgehead atoms. The minimum Gasteiger partial charge on any atom is -0.456 e. The van der Waals surface area contributed by atoms with Gasteiger partial charge in [0.15, 0.2) is 6.29 Å². The molecule has 0 spiro atoms. The van der Waals surface area contributed by atoms with Gasteiger partial charge in [-0.15, -0.1) is 0 Å². The van der Waals surface area contributed by atoms with E-state index in [4.69, 9.17) is 10.5 Å². The molecule has 302 valence electrons. The summed E-state index contributed by atoms with van der Waals surface area (Å²) in [6.07, 6.45) is -1.57. The first-order valence-corrected chi connectivity index (χ1v) is 20.7. The highest BCUT2D eigenvalue weighted by Crippen LogP contribution is 2.54. The van der Waals surface area contributed by atoms with Gasteiger partial charge in [0.25, 0.3) is 0 Å². The van der Waals surface area contributed by atoms with Crippen LogP contribution in [0.1, 0.15) is 28.5 Å². The number of anilines is 4. The normalized spacial score (nSPS) is 11.9. The molecule has 4 N–H and O–H groups in total. The number of nitrogens with two attached hydrogens (primary N) is 1. The van der Waals surface area contributed by atoms with Gasteiger partial charge in [-0.25, -0.2) is 0 Å². The molecule has 0 aliphatic carbocycles. The average Bonchev–Trinajstić information content (AvgIpc) is 3.23. The molecule has 0 aromatic heterocycles. The van der Waals surface area contributed by atoms with E-state index in [9.17, 15) is 10.2 Å². The SMILES string of the molecule is C=c1ccc2c(c1)Oc1cc(N)ccc1C=2c1c(C)c(-c2ccc(N(C)C)cc2)c(-c2ccc(N(C)C)cc2)c(Sc2ccc(C(O)O)cc2)c1-c1ccc(N(C)C)cc1. The van der Waals surface area contributed by atoms with Gasteiger partial charge in [-0.3, -0.25) is 0 Å². The van der Waals surface area contributed by atoms with Crippen LogP contribution in [0.15, 0.2) is 143 Å². The molecule has 1 aliphatic rings. The van der Waals surface area contributed by atoms with E-state index >= 15 is 0 Å². The summed E-state index contributed by atoms with van der Waals surface area (Å²) in [4.78, 5) is 8.35. The number of benzene rings is 7. The van der Waals surface area contributed by atoms with E-state index in [0.717, 1.165) is 98.7 Å². The van der Waals surface area contributed by atoms with Crippen LogP contribution in [0.25, 0.3) is 45.5 Å². The van der Waals surface area contributed by atoms with Crippen molar-refractivity contribution in [2.75, 3.05) is 62.7 Å². The molecule has 7 aromatic rings. The lowest BCUT2D eigenvalue weighted by Crippen LogP contribution is -2.21. The quantitative estimate of drug-likeness (QED) is 0.0931. The number of nitrogens with zero attached hydrogens (tertiary/aromatic N) is 3. The van der Waals surface area contributed by atoms with Crippen LogP contribution in [0.5, 0.6) is 11.5 Å². The molecule has 60 heavy (non-hydrogen) atoms. The Bertz CT molecular complexity index is 2830. The number of nitrogen functional groups attached to an aromatic ring is 1. The van der Waals surface area contributed by atoms with E-state index in [1.54, 1.807) is 23.9 Å². The largest absolute Gasteiger partial charge is 0.456 e. The van der Waals surface area contributed by atoms with Gasteiger partial charge in [0.1, 0.15) is 11.5 Å². The Morgan fingerprint density at radius 1 is 0.567 bits per heavy atom. The van der Waals surface area contributed by atoms with Crippen LogP contribution in [0.2, 0.25) is 0 Å². The molecule has 0 fully saturated rings. The third-order valence-corrected chi connectivity index (χ3v) is 12.3. The van der Waals surface area contributed by atoms with Crippen molar-refractivity contribution in [2.45, 2.75) is 23.0 Å². The second-order valence-electron chi connectivity index (χ2n) is 15.9. The van der Waals surface area contributed by atoms with Crippen molar-refractivity contribution in [1.82, 2.24) is 0 Å². The summed E-state index contributed by atoms with van der Waals surface area (Å²) >= 11 is 1.68. The van der Waals surface area contributed by atoms with Crippen molar-refractivity contribution in [2.24, 2.45) is 0 Å². The summed E-state index contributed by atoms with van der Waals surface area (Å²) in [5, 5.41) is 21.9. The highest BCUT2D eigenvalue weighted by atomic mass is 32.2. The third kappa shape index (κ3) is 7.61. The zero-order valence-corrected chi connectivity index (χ0v) is 35.9. The lowest BCUT2D eigenvalue weighted by molar-refractivity contribution is -0.0425. The lowest BCUT2D eigenvalue weighted by Gasteiger charge is -2.30. The van der Waals surface area contributed by atoms with Crippen LogP contribution in [-0.4, -0.2) is 52.5 Å². The Hall–Kier alpha value is -6.45. The van der Waals surface area contributed by atoms with Crippen LogP contribution in [-0.2, 0) is 0 Å². The van der Waals surface area contributed by atoms with Crippen molar-refractivity contribution in [3.8, 4) is 44.9 Å². The highest BCUT2D eigenvalue weighted by molar-refractivity contribution is 7.99. The Morgan fingerprint density at radius 3 is 1.57 bits per heavy atom. The second kappa shape index (κ2) is 16.3. The molecule has 8 heteroatoms.